The molecule has 6 heteroatoms. The summed E-state index contributed by atoms with van der Waals surface area (Å²) in [5.41, 5.74) is 6.74. The molecule has 0 saturated carbocycles. The lowest BCUT2D eigenvalue weighted by Crippen LogP contribution is -2.36. The lowest BCUT2D eigenvalue weighted by molar-refractivity contribution is 0.730. The molecule has 4 N–H and O–H groups in total. The SMILES string of the molecule is Cc1nn(C)c(C)c1CN=C(NN)Nc1ccccc1. The lowest BCUT2D eigenvalue weighted by Gasteiger charge is -2.09. The molecule has 20 heavy (non-hydrogen) atoms. The number of hydrazine groups is 1. The van der Waals surface area contributed by atoms with Crippen LogP contribution in [0.1, 0.15) is 17.0 Å². The molecule has 0 bridgehead atoms. The third kappa shape index (κ3) is 3.16. The summed E-state index contributed by atoms with van der Waals surface area (Å²) >= 11 is 0. The van der Waals surface area contributed by atoms with E-state index < -0.39 is 0 Å². The Morgan fingerprint density at radius 2 is 2.00 bits per heavy atom. The van der Waals surface area contributed by atoms with Crippen molar-refractivity contribution in [2.75, 3.05) is 5.32 Å². The number of guanidine groups is 1. The Bertz CT molecular complexity index is 600. The van der Waals surface area contributed by atoms with Crippen LogP contribution in [0.4, 0.5) is 5.69 Å². The molecule has 106 valence electrons. The van der Waals surface area contributed by atoms with Gasteiger partial charge in [0.25, 0.3) is 0 Å². The Balaban J connectivity index is 2.12. The van der Waals surface area contributed by atoms with Crippen LogP contribution in [-0.2, 0) is 13.6 Å². The second-order valence-corrected chi connectivity index (χ2v) is 4.57. The van der Waals surface area contributed by atoms with Gasteiger partial charge in [0.2, 0.25) is 5.96 Å². The smallest absolute Gasteiger partial charge is 0.210 e. The maximum atomic E-state index is 5.50. The number of nitrogens with one attached hydrogen (secondary N) is 2. The minimum Gasteiger partial charge on any atom is -0.325 e. The third-order valence-corrected chi connectivity index (χ3v) is 3.23. The molecule has 0 spiro atoms. The molecule has 2 rings (SSSR count). The molecule has 1 aromatic heterocycles. The van der Waals surface area contributed by atoms with E-state index in [2.05, 4.69) is 20.8 Å². The van der Waals surface area contributed by atoms with Gasteiger partial charge in [0.15, 0.2) is 0 Å². The second-order valence-electron chi connectivity index (χ2n) is 4.57. The van der Waals surface area contributed by atoms with Crippen molar-refractivity contribution < 1.29 is 0 Å². The Labute approximate surface area is 118 Å². The van der Waals surface area contributed by atoms with Crippen LogP contribution in [0.25, 0.3) is 0 Å². The van der Waals surface area contributed by atoms with Crippen molar-refractivity contribution in [2.24, 2.45) is 17.9 Å². The average Bonchev–Trinajstić information content (AvgIpc) is 2.70. The number of aryl methyl sites for hydroxylation is 2. The van der Waals surface area contributed by atoms with Gasteiger partial charge in [0, 0.05) is 24.0 Å². The Morgan fingerprint density at radius 1 is 1.30 bits per heavy atom. The molecular formula is C14H20N6. The first-order chi connectivity index (χ1) is 9.61. The summed E-state index contributed by atoms with van der Waals surface area (Å²) in [6, 6.07) is 9.76. The normalized spacial score (nSPS) is 11.5. The fourth-order valence-corrected chi connectivity index (χ4v) is 1.98. The number of hydrogen-bond acceptors (Lipinski definition) is 3. The zero-order valence-corrected chi connectivity index (χ0v) is 12.0. The number of aromatic nitrogens is 2. The highest BCUT2D eigenvalue weighted by atomic mass is 15.3. The number of rotatable bonds is 3. The van der Waals surface area contributed by atoms with Gasteiger partial charge in [-0.1, -0.05) is 18.2 Å². The first-order valence-corrected chi connectivity index (χ1v) is 6.44. The molecule has 0 radical (unpaired) electrons. The Hall–Kier alpha value is -2.34. The molecule has 6 nitrogen and oxygen atoms in total. The van der Waals surface area contributed by atoms with Crippen LogP contribution in [-0.4, -0.2) is 15.7 Å². The fraction of sp³-hybridized carbons (Fsp3) is 0.286. The van der Waals surface area contributed by atoms with Gasteiger partial charge in [-0.3, -0.25) is 10.1 Å². The molecule has 0 aliphatic heterocycles. The minimum absolute atomic E-state index is 0.527. The monoisotopic (exact) mass is 272 g/mol. The quantitative estimate of drug-likeness (QED) is 0.342. The molecule has 0 aliphatic rings. The number of nitrogens with zero attached hydrogens (tertiary/aromatic N) is 3. The number of para-hydroxylation sites is 1. The number of anilines is 1. The second kappa shape index (κ2) is 6.21. The van der Waals surface area contributed by atoms with Gasteiger partial charge >= 0.3 is 0 Å². The zero-order chi connectivity index (χ0) is 14.5. The van der Waals surface area contributed by atoms with E-state index in [1.54, 1.807) is 0 Å². The van der Waals surface area contributed by atoms with Crippen molar-refractivity contribution >= 4 is 11.6 Å². The largest absolute Gasteiger partial charge is 0.325 e. The highest BCUT2D eigenvalue weighted by Gasteiger charge is 2.08. The van der Waals surface area contributed by atoms with E-state index in [9.17, 15) is 0 Å². The van der Waals surface area contributed by atoms with E-state index in [-0.39, 0.29) is 0 Å². The Kier molecular flexibility index (Phi) is 4.37. The van der Waals surface area contributed by atoms with Gasteiger partial charge in [-0.05, 0) is 26.0 Å². The van der Waals surface area contributed by atoms with Crippen molar-refractivity contribution in [3.63, 3.8) is 0 Å². The summed E-state index contributed by atoms with van der Waals surface area (Å²) < 4.78 is 1.86. The first kappa shape index (κ1) is 14.1. The summed E-state index contributed by atoms with van der Waals surface area (Å²) in [5, 5.41) is 7.51. The van der Waals surface area contributed by atoms with Crippen LogP contribution < -0.4 is 16.6 Å². The zero-order valence-electron chi connectivity index (χ0n) is 12.0. The maximum Gasteiger partial charge on any atom is 0.210 e. The van der Waals surface area contributed by atoms with E-state index in [4.69, 9.17) is 5.84 Å². The van der Waals surface area contributed by atoms with Crippen molar-refractivity contribution in [2.45, 2.75) is 20.4 Å². The van der Waals surface area contributed by atoms with Crippen LogP contribution >= 0.6 is 0 Å². The molecule has 0 saturated heterocycles. The number of aliphatic imine (C=N–C) groups is 1. The molecule has 1 heterocycles. The molecule has 1 aromatic carbocycles. The number of hydrogen-bond donors (Lipinski definition) is 3. The highest BCUT2D eigenvalue weighted by molar-refractivity contribution is 5.93. The van der Waals surface area contributed by atoms with Crippen LogP contribution in [0.15, 0.2) is 35.3 Å². The summed E-state index contributed by atoms with van der Waals surface area (Å²) in [7, 11) is 1.93. The highest BCUT2D eigenvalue weighted by Crippen LogP contribution is 2.13. The lowest BCUT2D eigenvalue weighted by atomic mass is 10.2. The van der Waals surface area contributed by atoms with Crippen LogP contribution in [0.3, 0.4) is 0 Å². The summed E-state index contributed by atoms with van der Waals surface area (Å²) in [6.07, 6.45) is 0. The van der Waals surface area contributed by atoms with Gasteiger partial charge in [0.05, 0.1) is 12.2 Å². The molecule has 0 unspecified atom stereocenters. The van der Waals surface area contributed by atoms with Crippen molar-refractivity contribution in [1.82, 2.24) is 15.2 Å². The first-order valence-electron chi connectivity index (χ1n) is 6.44. The van der Waals surface area contributed by atoms with Crippen molar-refractivity contribution in [3.05, 3.63) is 47.3 Å². The molecule has 0 fully saturated rings. The third-order valence-electron chi connectivity index (χ3n) is 3.23. The molecular weight excluding hydrogens is 252 g/mol. The van der Waals surface area contributed by atoms with E-state index in [1.807, 2.05) is 55.9 Å². The molecule has 0 amide bonds. The van der Waals surface area contributed by atoms with Crippen molar-refractivity contribution in [3.8, 4) is 0 Å². The van der Waals surface area contributed by atoms with Gasteiger partial charge < -0.3 is 5.32 Å². The molecule has 0 atom stereocenters. The predicted molar refractivity (Wildman–Crippen MR) is 81.2 cm³/mol. The van der Waals surface area contributed by atoms with E-state index in [0.717, 1.165) is 22.6 Å². The van der Waals surface area contributed by atoms with Gasteiger partial charge in [-0.2, -0.15) is 5.10 Å². The topological polar surface area (TPSA) is 80.3 Å². The predicted octanol–water partition coefficient (Wildman–Crippen LogP) is 1.47. The van der Waals surface area contributed by atoms with E-state index in [0.29, 0.717) is 12.5 Å². The van der Waals surface area contributed by atoms with E-state index in [1.165, 1.54) is 0 Å². The number of benzene rings is 1. The molecule has 2 aromatic rings. The van der Waals surface area contributed by atoms with Gasteiger partial charge in [0.1, 0.15) is 0 Å². The fourth-order valence-electron chi connectivity index (χ4n) is 1.98. The summed E-state index contributed by atoms with van der Waals surface area (Å²) in [6.45, 7) is 4.55. The average molecular weight is 272 g/mol. The standard InChI is InChI=1S/C14H20N6/c1-10-13(11(2)20(3)19-10)9-16-14(18-15)17-12-7-5-4-6-8-12/h4-8H,9,15H2,1-3H3,(H2,16,17,18). The summed E-state index contributed by atoms with van der Waals surface area (Å²) in [4.78, 5) is 4.46. The summed E-state index contributed by atoms with van der Waals surface area (Å²) in [5.74, 6) is 6.03. The number of nitrogens with two attached hydrogens (primary N) is 1. The Morgan fingerprint density at radius 3 is 2.55 bits per heavy atom. The van der Waals surface area contributed by atoms with Crippen LogP contribution in [0, 0.1) is 13.8 Å². The van der Waals surface area contributed by atoms with Crippen molar-refractivity contribution in [1.29, 1.82) is 0 Å². The maximum absolute atomic E-state index is 5.50. The van der Waals surface area contributed by atoms with E-state index >= 15 is 0 Å². The van der Waals surface area contributed by atoms with Gasteiger partial charge in [-0.15, -0.1) is 0 Å². The molecule has 0 aliphatic carbocycles. The van der Waals surface area contributed by atoms with Crippen LogP contribution in [0.5, 0.6) is 0 Å². The minimum atomic E-state index is 0.527. The van der Waals surface area contributed by atoms with Crippen LogP contribution in [0.2, 0.25) is 0 Å². The van der Waals surface area contributed by atoms with Gasteiger partial charge in [-0.25, -0.2) is 10.8 Å².